The van der Waals surface area contributed by atoms with E-state index in [-0.39, 0.29) is 0 Å². The van der Waals surface area contributed by atoms with Crippen LogP contribution in [-0.4, -0.2) is 19.2 Å². The van der Waals surface area contributed by atoms with E-state index in [1.165, 1.54) is 10.8 Å². The molecule has 0 bridgehead atoms. The first kappa shape index (κ1) is 13.9. The summed E-state index contributed by atoms with van der Waals surface area (Å²) in [4.78, 5) is 0. The zero-order valence-corrected chi connectivity index (χ0v) is 11.9. The van der Waals surface area contributed by atoms with E-state index in [9.17, 15) is 0 Å². The highest BCUT2D eigenvalue weighted by atomic mass is 16.5. The Morgan fingerprint density at radius 2 is 1.79 bits per heavy atom. The Balaban J connectivity index is 1.82. The molecule has 0 saturated heterocycles. The van der Waals surface area contributed by atoms with Crippen LogP contribution in [0.3, 0.4) is 0 Å². The quantitative estimate of drug-likeness (QED) is 0.757. The molecule has 0 unspecified atom stereocenters. The predicted octanol–water partition coefficient (Wildman–Crippen LogP) is 4.00. The molecular weight excluding hydrogens is 234 g/mol. The maximum Gasteiger partial charge on any atom is 0.127 e. The zero-order valence-electron chi connectivity index (χ0n) is 11.9. The second-order valence-electron chi connectivity index (χ2n) is 5.14. The van der Waals surface area contributed by atoms with Crippen molar-refractivity contribution in [1.82, 2.24) is 5.32 Å². The van der Waals surface area contributed by atoms with Crippen molar-refractivity contribution < 1.29 is 4.74 Å². The van der Waals surface area contributed by atoms with Crippen molar-refractivity contribution >= 4 is 10.8 Å². The molecule has 102 valence electrons. The summed E-state index contributed by atoms with van der Waals surface area (Å²) in [5, 5.41) is 5.86. The first-order valence-corrected chi connectivity index (χ1v) is 7.11. The number of unbranched alkanes of at least 4 members (excludes halogenated alkanes) is 1. The van der Waals surface area contributed by atoms with Gasteiger partial charge >= 0.3 is 0 Å². The van der Waals surface area contributed by atoms with Gasteiger partial charge in [0.15, 0.2) is 0 Å². The zero-order chi connectivity index (χ0) is 13.5. The van der Waals surface area contributed by atoms with Gasteiger partial charge in [-0.3, -0.25) is 0 Å². The molecule has 0 radical (unpaired) electrons. The van der Waals surface area contributed by atoms with Gasteiger partial charge in [0.05, 0.1) is 6.61 Å². The summed E-state index contributed by atoms with van der Waals surface area (Å²) in [5.74, 6) is 0.995. The Hall–Kier alpha value is -1.54. The summed E-state index contributed by atoms with van der Waals surface area (Å²) < 4.78 is 5.90. The number of rotatable bonds is 7. The average molecular weight is 257 g/mol. The third-order valence-corrected chi connectivity index (χ3v) is 3.13. The number of fused-ring (bicyclic) bond motifs is 1. The largest absolute Gasteiger partial charge is 0.493 e. The second-order valence-corrected chi connectivity index (χ2v) is 5.14. The Kier molecular flexibility index (Phi) is 5.22. The number of hydrogen-bond acceptors (Lipinski definition) is 2. The van der Waals surface area contributed by atoms with Gasteiger partial charge in [-0.25, -0.2) is 0 Å². The maximum atomic E-state index is 5.90. The molecule has 2 heteroatoms. The molecule has 0 atom stereocenters. The minimum absolute atomic E-state index is 0.569. The van der Waals surface area contributed by atoms with E-state index in [4.69, 9.17) is 4.74 Å². The molecular formula is C17H23NO. The lowest BCUT2D eigenvalue weighted by molar-refractivity contribution is 0.308. The summed E-state index contributed by atoms with van der Waals surface area (Å²) in [5.41, 5.74) is 0. The van der Waals surface area contributed by atoms with Gasteiger partial charge in [-0.2, -0.15) is 0 Å². The average Bonchev–Trinajstić information content (AvgIpc) is 2.42. The molecule has 2 aromatic carbocycles. The third kappa shape index (κ3) is 4.25. The van der Waals surface area contributed by atoms with Crippen molar-refractivity contribution in [2.45, 2.75) is 32.7 Å². The van der Waals surface area contributed by atoms with Gasteiger partial charge in [-0.05, 0) is 30.8 Å². The molecule has 0 heterocycles. The van der Waals surface area contributed by atoms with Gasteiger partial charge in [0.1, 0.15) is 5.75 Å². The Labute approximate surface area is 115 Å². The Bertz CT molecular complexity index is 502. The van der Waals surface area contributed by atoms with Gasteiger partial charge in [0, 0.05) is 11.4 Å². The second kappa shape index (κ2) is 7.15. The first-order chi connectivity index (χ1) is 9.27. The molecule has 0 saturated carbocycles. The van der Waals surface area contributed by atoms with Crippen LogP contribution in [0.25, 0.3) is 10.8 Å². The summed E-state index contributed by atoms with van der Waals surface area (Å²) in [6.45, 7) is 6.20. The fraction of sp³-hybridized carbons (Fsp3) is 0.412. The minimum Gasteiger partial charge on any atom is -0.493 e. The summed E-state index contributed by atoms with van der Waals surface area (Å²) in [6, 6.07) is 15.1. The van der Waals surface area contributed by atoms with E-state index in [0.29, 0.717) is 6.04 Å². The maximum absolute atomic E-state index is 5.90. The molecule has 19 heavy (non-hydrogen) atoms. The lowest BCUT2D eigenvalue weighted by atomic mass is 10.1. The highest BCUT2D eigenvalue weighted by molar-refractivity contribution is 5.88. The lowest BCUT2D eigenvalue weighted by Crippen LogP contribution is -2.23. The molecule has 0 aromatic heterocycles. The Morgan fingerprint density at radius 3 is 2.63 bits per heavy atom. The van der Waals surface area contributed by atoms with Crippen molar-refractivity contribution in [3.8, 4) is 5.75 Å². The molecule has 1 N–H and O–H groups in total. The molecule has 2 aromatic rings. The van der Waals surface area contributed by atoms with Crippen LogP contribution in [-0.2, 0) is 0 Å². The minimum atomic E-state index is 0.569. The molecule has 0 aliphatic rings. The first-order valence-electron chi connectivity index (χ1n) is 7.11. The van der Waals surface area contributed by atoms with Crippen molar-refractivity contribution in [2.24, 2.45) is 0 Å². The van der Waals surface area contributed by atoms with Crippen LogP contribution in [0.4, 0.5) is 0 Å². The molecule has 0 aliphatic carbocycles. The monoisotopic (exact) mass is 257 g/mol. The van der Waals surface area contributed by atoms with Crippen molar-refractivity contribution in [1.29, 1.82) is 0 Å². The number of benzene rings is 2. The highest BCUT2D eigenvalue weighted by Crippen LogP contribution is 2.25. The molecule has 0 amide bonds. The molecule has 0 fully saturated rings. The van der Waals surface area contributed by atoms with Crippen LogP contribution >= 0.6 is 0 Å². The van der Waals surface area contributed by atoms with Gasteiger partial charge in [0.25, 0.3) is 0 Å². The number of nitrogens with one attached hydrogen (secondary N) is 1. The van der Waals surface area contributed by atoms with E-state index in [1.54, 1.807) is 0 Å². The summed E-state index contributed by atoms with van der Waals surface area (Å²) in [6.07, 6.45) is 2.24. The normalized spacial score (nSPS) is 11.1. The van der Waals surface area contributed by atoms with Crippen LogP contribution < -0.4 is 10.1 Å². The molecule has 0 spiro atoms. The summed E-state index contributed by atoms with van der Waals surface area (Å²) >= 11 is 0. The highest BCUT2D eigenvalue weighted by Gasteiger charge is 2.00. The van der Waals surface area contributed by atoms with Crippen molar-refractivity contribution in [3.05, 3.63) is 42.5 Å². The SMILES string of the molecule is CC(C)NCCCCOc1cccc2ccccc12. The van der Waals surface area contributed by atoms with Gasteiger partial charge in [-0.1, -0.05) is 50.2 Å². The van der Waals surface area contributed by atoms with Crippen LogP contribution in [0.15, 0.2) is 42.5 Å². The third-order valence-electron chi connectivity index (χ3n) is 3.13. The van der Waals surface area contributed by atoms with Gasteiger partial charge in [0.2, 0.25) is 0 Å². The van der Waals surface area contributed by atoms with E-state index < -0.39 is 0 Å². The van der Waals surface area contributed by atoms with Crippen LogP contribution in [0.2, 0.25) is 0 Å². The lowest BCUT2D eigenvalue weighted by Gasteiger charge is -2.10. The standard InChI is InChI=1S/C17H23NO/c1-14(2)18-12-5-6-13-19-17-11-7-9-15-8-3-4-10-16(15)17/h3-4,7-11,14,18H,5-6,12-13H2,1-2H3. The molecule has 2 nitrogen and oxygen atoms in total. The van der Waals surface area contributed by atoms with Crippen molar-refractivity contribution in [3.63, 3.8) is 0 Å². The molecule has 0 aliphatic heterocycles. The van der Waals surface area contributed by atoms with Gasteiger partial charge < -0.3 is 10.1 Å². The number of ether oxygens (including phenoxy) is 1. The summed E-state index contributed by atoms with van der Waals surface area (Å²) in [7, 11) is 0. The van der Waals surface area contributed by atoms with Crippen LogP contribution in [0.1, 0.15) is 26.7 Å². The van der Waals surface area contributed by atoms with Crippen molar-refractivity contribution in [2.75, 3.05) is 13.2 Å². The van der Waals surface area contributed by atoms with E-state index in [2.05, 4.69) is 61.6 Å². The Morgan fingerprint density at radius 1 is 1.00 bits per heavy atom. The topological polar surface area (TPSA) is 21.3 Å². The van der Waals surface area contributed by atoms with Gasteiger partial charge in [-0.15, -0.1) is 0 Å². The van der Waals surface area contributed by atoms with E-state index >= 15 is 0 Å². The number of hydrogen-bond donors (Lipinski definition) is 1. The van der Waals surface area contributed by atoms with E-state index in [1.807, 2.05) is 0 Å². The van der Waals surface area contributed by atoms with E-state index in [0.717, 1.165) is 31.7 Å². The van der Waals surface area contributed by atoms with Crippen LogP contribution in [0, 0.1) is 0 Å². The fourth-order valence-corrected chi connectivity index (χ4v) is 2.12. The smallest absolute Gasteiger partial charge is 0.127 e. The predicted molar refractivity (Wildman–Crippen MR) is 81.8 cm³/mol. The van der Waals surface area contributed by atoms with Crippen LogP contribution in [0.5, 0.6) is 5.75 Å². The fourth-order valence-electron chi connectivity index (χ4n) is 2.12. The molecule has 2 rings (SSSR count).